The Morgan fingerprint density at radius 3 is 2.71 bits per heavy atom. The van der Waals surface area contributed by atoms with E-state index in [9.17, 15) is 28.0 Å². The van der Waals surface area contributed by atoms with Gasteiger partial charge in [-0.05, 0) is 48.4 Å². The number of nitrogens with zero attached hydrogens (tertiary/aromatic N) is 6. The topological polar surface area (TPSA) is 133 Å². The molecule has 0 aliphatic carbocycles. The van der Waals surface area contributed by atoms with Crippen LogP contribution in [0.3, 0.4) is 0 Å². The van der Waals surface area contributed by atoms with Crippen LogP contribution in [0.4, 0.5) is 24.8 Å². The number of esters is 1. The molecular formula is C30H29BrF3N7O4. The molecule has 236 valence electrons. The van der Waals surface area contributed by atoms with E-state index >= 15 is 0 Å². The molecule has 0 bridgehead atoms. The first kappa shape index (κ1) is 33.2. The standard InChI is InChI=1S/C30H28F3N7O4.BrH/c1-19-25(27(42)44-2)26(40-28(35-36-29(40)43)39(19)23-6-3-5-22(16-23)30(31,32)33)24-8-7-20(17-34)15-21(24)9-11-38-13-12-37(18-38)10-4-14-41;/h3,5-8,12-13,15-16,18,26,41H,4,9-11,14H2,1-2H3;1H. The van der Waals surface area contributed by atoms with Crippen molar-refractivity contribution >= 4 is 17.6 Å². The summed E-state index contributed by atoms with van der Waals surface area (Å²) in [4.78, 5) is 28.0. The third-order valence-corrected chi connectivity index (χ3v) is 7.51. The van der Waals surface area contributed by atoms with Crippen molar-refractivity contribution in [3.63, 3.8) is 0 Å². The number of nitrogens with one attached hydrogen (secondary N) is 1. The largest absolute Gasteiger partial charge is 1.00 e. The first-order valence-electron chi connectivity index (χ1n) is 13.7. The van der Waals surface area contributed by atoms with Crippen LogP contribution in [0.25, 0.3) is 0 Å². The van der Waals surface area contributed by atoms with E-state index in [-0.39, 0.29) is 46.5 Å². The minimum atomic E-state index is -4.63. The molecule has 1 aliphatic heterocycles. The molecule has 5 rings (SSSR count). The average Bonchev–Trinajstić information content (AvgIpc) is 3.63. The first-order chi connectivity index (χ1) is 21.1. The van der Waals surface area contributed by atoms with Crippen molar-refractivity contribution < 1.29 is 49.4 Å². The number of benzene rings is 2. The fraction of sp³-hybridized carbons (Fsp3) is 0.300. The summed E-state index contributed by atoms with van der Waals surface area (Å²) >= 11 is 0. The number of ether oxygens (including phenoxy) is 1. The van der Waals surface area contributed by atoms with Gasteiger partial charge in [-0.1, -0.05) is 12.1 Å². The molecule has 15 heteroatoms. The van der Waals surface area contributed by atoms with Crippen LogP contribution in [0.5, 0.6) is 0 Å². The van der Waals surface area contributed by atoms with Crippen molar-refractivity contribution in [1.29, 1.82) is 5.26 Å². The molecule has 0 radical (unpaired) electrons. The van der Waals surface area contributed by atoms with Crippen molar-refractivity contribution in [1.82, 2.24) is 19.3 Å². The number of imidazole rings is 1. The number of aromatic nitrogens is 5. The molecule has 2 N–H and O–H groups in total. The summed E-state index contributed by atoms with van der Waals surface area (Å²) in [6, 6.07) is 10.5. The van der Waals surface area contributed by atoms with Gasteiger partial charge in [-0.25, -0.2) is 28.4 Å². The number of rotatable bonds is 9. The van der Waals surface area contributed by atoms with Crippen LogP contribution in [0.1, 0.15) is 41.6 Å². The third kappa shape index (κ3) is 6.57. The van der Waals surface area contributed by atoms with E-state index in [4.69, 9.17) is 9.84 Å². The summed E-state index contributed by atoms with van der Waals surface area (Å²) in [7, 11) is 1.18. The second-order valence-corrected chi connectivity index (χ2v) is 10.2. The van der Waals surface area contributed by atoms with Gasteiger partial charge in [-0.15, -0.1) is 5.10 Å². The Bertz CT molecular complexity index is 1840. The normalized spacial score (nSPS) is 14.5. The van der Waals surface area contributed by atoms with Gasteiger partial charge in [0, 0.05) is 30.8 Å². The number of aliphatic hydroxyl groups is 1. The lowest BCUT2D eigenvalue weighted by molar-refractivity contribution is -0.697. The lowest BCUT2D eigenvalue weighted by atomic mass is 9.89. The molecule has 1 aliphatic rings. The minimum Gasteiger partial charge on any atom is -1.00 e. The summed E-state index contributed by atoms with van der Waals surface area (Å²) < 4.78 is 51.1. The molecule has 11 nitrogen and oxygen atoms in total. The number of halogens is 4. The van der Waals surface area contributed by atoms with Gasteiger partial charge in [0.2, 0.25) is 12.3 Å². The Morgan fingerprint density at radius 1 is 1.24 bits per heavy atom. The van der Waals surface area contributed by atoms with Crippen LogP contribution < -0.4 is 32.1 Å². The van der Waals surface area contributed by atoms with Gasteiger partial charge in [0.25, 0.3) is 0 Å². The number of fused-ring (bicyclic) bond motifs is 1. The Kier molecular flexibility index (Phi) is 9.99. The van der Waals surface area contributed by atoms with Gasteiger partial charge in [-0.3, -0.25) is 4.90 Å². The number of H-pyrrole nitrogens is 1. The Labute approximate surface area is 266 Å². The Hall–Kier alpha value is -4.68. The molecule has 1 unspecified atom stereocenters. The predicted octanol–water partition coefficient (Wildman–Crippen LogP) is 0.368. The summed E-state index contributed by atoms with van der Waals surface area (Å²) in [6.07, 6.45) is 2.03. The number of allylic oxidation sites excluding steroid dienone is 1. The highest BCUT2D eigenvalue weighted by atomic mass is 79.9. The molecule has 4 aromatic rings. The van der Waals surface area contributed by atoms with Gasteiger partial charge in [-0.2, -0.15) is 18.4 Å². The fourth-order valence-corrected chi connectivity index (χ4v) is 5.44. The monoisotopic (exact) mass is 687 g/mol. The van der Waals surface area contributed by atoms with Gasteiger partial charge in [0.05, 0.1) is 43.0 Å². The number of carbonyl (C=O) groups excluding carboxylic acids is 1. The van der Waals surface area contributed by atoms with E-state index in [0.717, 1.165) is 12.1 Å². The average molecular weight is 689 g/mol. The fourth-order valence-electron chi connectivity index (χ4n) is 5.44. The molecule has 0 amide bonds. The summed E-state index contributed by atoms with van der Waals surface area (Å²) in [6.45, 7) is 2.75. The Balaban J connectivity index is 0.00000461. The molecule has 0 saturated carbocycles. The van der Waals surface area contributed by atoms with Gasteiger partial charge in [0.1, 0.15) is 18.4 Å². The highest BCUT2D eigenvalue weighted by molar-refractivity contribution is 5.93. The third-order valence-electron chi connectivity index (χ3n) is 7.51. The number of hydrogen-bond acceptors (Lipinski definition) is 7. The molecule has 1 atom stereocenters. The van der Waals surface area contributed by atoms with E-state index < -0.39 is 29.4 Å². The zero-order valence-corrected chi connectivity index (χ0v) is 25.8. The van der Waals surface area contributed by atoms with E-state index in [1.807, 2.05) is 27.9 Å². The zero-order valence-electron chi connectivity index (χ0n) is 24.3. The van der Waals surface area contributed by atoms with Crippen molar-refractivity contribution in [2.24, 2.45) is 0 Å². The summed E-state index contributed by atoms with van der Waals surface area (Å²) in [5.41, 5.74) is 0.249. The maximum atomic E-state index is 13.6. The van der Waals surface area contributed by atoms with Crippen LogP contribution in [-0.4, -0.2) is 44.1 Å². The molecule has 3 heterocycles. The zero-order chi connectivity index (χ0) is 31.6. The van der Waals surface area contributed by atoms with E-state index in [1.54, 1.807) is 25.1 Å². The highest BCUT2D eigenvalue weighted by Gasteiger charge is 2.41. The molecule has 2 aromatic carbocycles. The SMILES string of the molecule is COC(=O)C1=C(C)N(c2cccc(C(F)(F)F)c2)c2n[nH]c(=O)n2C1c1ccc(C#N)cc1CCn1cc[n+](CCCO)c1.[Br-]. The molecule has 0 spiro atoms. The maximum absolute atomic E-state index is 13.6. The number of aryl methyl sites for hydroxylation is 3. The predicted molar refractivity (Wildman–Crippen MR) is 150 cm³/mol. The van der Waals surface area contributed by atoms with Crippen LogP contribution in [0.15, 0.2) is 77.3 Å². The van der Waals surface area contributed by atoms with E-state index in [2.05, 4.69) is 16.3 Å². The van der Waals surface area contributed by atoms with Crippen LogP contribution in [0, 0.1) is 11.3 Å². The lowest BCUT2D eigenvalue weighted by Crippen LogP contribution is -3.00. The Morgan fingerprint density at radius 2 is 2.02 bits per heavy atom. The van der Waals surface area contributed by atoms with Gasteiger partial charge < -0.3 is 26.8 Å². The number of hydrogen-bond donors (Lipinski definition) is 2. The number of aromatic amines is 1. The second-order valence-electron chi connectivity index (χ2n) is 10.2. The smallest absolute Gasteiger partial charge is 0.416 e. The van der Waals surface area contributed by atoms with Crippen LogP contribution in [0.2, 0.25) is 0 Å². The molecule has 0 saturated heterocycles. The lowest BCUT2D eigenvalue weighted by Gasteiger charge is -2.36. The molecule has 0 fully saturated rings. The molecular weight excluding hydrogens is 659 g/mol. The first-order valence-corrected chi connectivity index (χ1v) is 13.7. The number of nitriles is 1. The van der Waals surface area contributed by atoms with Crippen molar-refractivity contribution in [2.75, 3.05) is 18.6 Å². The molecule has 45 heavy (non-hydrogen) atoms. The number of carbonyl (C=O) groups is 1. The van der Waals surface area contributed by atoms with Gasteiger partial charge in [0.15, 0.2) is 0 Å². The minimum absolute atomic E-state index is 0. The quantitative estimate of drug-likeness (QED) is 0.192. The highest BCUT2D eigenvalue weighted by Crippen LogP contribution is 2.43. The van der Waals surface area contributed by atoms with Crippen LogP contribution >= 0.6 is 0 Å². The van der Waals surface area contributed by atoms with Crippen molar-refractivity contribution in [2.45, 2.75) is 45.1 Å². The molecule has 2 aromatic heterocycles. The summed E-state index contributed by atoms with van der Waals surface area (Å²) in [5.74, 6) is -0.802. The van der Waals surface area contributed by atoms with Crippen LogP contribution in [-0.2, 0) is 35.2 Å². The van der Waals surface area contributed by atoms with E-state index in [1.165, 1.54) is 28.7 Å². The number of aliphatic hydroxyl groups excluding tert-OH is 1. The maximum Gasteiger partial charge on any atom is 0.416 e. The summed E-state index contributed by atoms with van der Waals surface area (Å²) in [5, 5.41) is 25.3. The van der Waals surface area contributed by atoms with Crippen molar-refractivity contribution in [3.8, 4) is 6.07 Å². The number of alkyl halides is 3. The second kappa shape index (κ2) is 13.5. The van der Waals surface area contributed by atoms with Gasteiger partial charge >= 0.3 is 17.8 Å². The van der Waals surface area contributed by atoms with Crippen molar-refractivity contribution in [3.05, 3.63) is 105 Å². The number of methoxy groups -OCH3 is 1. The van der Waals surface area contributed by atoms with E-state index in [0.29, 0.717) is 42.6 Å². The number of anilines is 2.